The van der Waals surface area contributed by atoms with Gasteiger partial charge in [-0.25, -0.2) is 0 Å². The van der Waals surface area contributed by atoms with Gasteiger partial charge in [0.05, 0.1) is 12.0 Å². The highest BCUT2D eigenvalue weighted by molar-refractivity contribution is 5.83. The molecule has 2 aromatic rings. The van der Waals surface area contributed by atoms with Gasteiger partial charge in [0.15, 0.2) is 0 Å². The van der Waals surface area contributed by atoms with Gasteiger partial charge in [-0.3, -0.25) is 9.59 Å². The van der Waals surface area contributed by atoms with Crippen molar-refractivity contribution < 1.29 is 14.3 Å². The molecule has 0 saturated carbocycles. The van der Waals surface area contributed by atoms with Crippen molar-refractivity contribution >= 4 is 11.8 Å². The Labute approximate surface area is 197 Å². The number of nitrogens with zero attached hydrogens (tertiary/aromatic N) is 2. The molecule has 0 aliphatic carbocycles. The molecule has 0 spiro atoms. The molecule has 5 heteroatoms. The van der Waals surface area contributed by atoms with E-state index in [0.717, 1.165) is 42.6 Å². The van der Waals surface area contributed by atoms with Crippen molar-refractivity contribution in [1.29, 1.82) is 0 Å². The molecule has 5 nitrogen and oxygen atoms in total. The van der Waals surface area contributed by atoms with Crippen molar-refractivity contribution in [2.75, 3.05) is 32.8 Å². The summed E-state index contributed by atoms with van der Waals surface area (Å²) in [7, 11) is 0. The van der Waals surface area contributed by atoms with Crippen LogP contribution in [-0.4, -0.2) is 60.5 Å². The minimum atomic E-state index is -0.274. The van der Waals surface area contributed by atoms with Crippen LogP contribution in [0.1, 0.15) is 31.2 Å². The monoisotopic (exact) mass is 446 g/mol. The number of carbonyl (C=O) groups is 2. The number of amides is 2. The molecule has 2 aliphatic rings. The van der Waals surface area contributed by atoms with Crippen molar-refractivity contribution in [2.45, 2.75) is 38.2 Å². The van der Waals surface area contributed by atoms with Crippen LogP contribution in [0.2, 0.25) is 0 Å². The van der Waals surface area contributed by atoms with Crippen LogP contribution in [0.25, 0.3) is 11.1 Å². The SMILES string of the molecule is C=CCN1CCN(C(=O)CC[C@H]2CCCO2)C[C@H](Cc2ccccc2-c2ccccc2)C1=O. The molecule has 174 valence electrons. The van der Waals surface area contributed by atoms with Crippen LogP contribution in [0.3, 0.4) is 0 Å². The number of carbonyl (C=O) groups excluding carboxylic acids is 2. The molecule has 2 fully saturated rings. The fourth-order valence-corrected chi connectivity index (χ4v) is 4.94. The smallest absolute Gasteiger partial charge is 0.228 e. The van der Waals surface area contributed by atoms with E-state index in [1.54, 1.807) is 6.08 Å². The van der Waals surface area contributed by atoms with E-state index < -0.39 is 0 Å². The zero-order valence-corrected chi connectivity index (χ0v) is 19.3. The molecule has 0 bridgehead atoms. The van der Waals surface area contributed by atoms with E-state index in [4.69, 9.17) is 4.74 Å². The Morgan fingerprint density at radius 1 is 1.09 bits per heavy atom. The Kier molecular flexibility index (Phi) is 7.95. The van der Waals surface area contributed by atoms with Crippen LogP contribution >= 0.6 is 0 Å². The predicted octanol–water partition coefficient (Wildman–Crippen LogP) is 4.33. The van der Waals surface area contributed by atoms with Gasteiger partial charge in [-0.1, -0.05) is 60.7 Å². The second kappa shape index (κ2) is 11.3. The van der Waals surface area contributed by atoms with Crippen LogP contribution in [0.5, 0.6) is 0 Å². The van der Waals surface area contributed by atoms with E-state index in [1.807, 2.05) is 40.1 Å². The topological polar surface area (TPSA) is 49.9 Å². The molecule has 33 heavy (non-hydrogen) atoms. The van der Waals surface area contributed by atoms with Crippen LogP contribution in [0, 0.1) is 5.92 Å². The van der Waals surface area contributed by atoms with Crippen molar-refractivity contribution in [3.8, 4) is 11.1 Å². The molecular formula is C28H34N2O3. The second-order valence-electron chi connectivity index (χ2n) is 9.01. The number of benzene rings is 2. The van der Waals surface area contributed by atoms with Gasteiger partial charge >= 0.3 is 0 Å². The number of ether oxygens (including phenoxy) is 1. The number of rotatable bonds is 8. The Hall–Kier alpha value is -2.92. The Bertz CT molecular complexity index is 953. The fourth-order valence-electron chi connectivity index (χ4n) is 4.94. The second-order valence-corrected chi connectivity index (χ2v) is 9.01. The minimum absolute atomic E-state index is 0.104. The summed E-state index contributed by atoms with van der Waals surface area (Å²) < 4.78 is 5.69. The molecule has 2 aliphatic heterocycles. The first-order valence-corrected chi connectivity index (χ1v) is 12.1. The lowest BCUT2D eigenvalue weighted by molar-refractivity contribution is -0.134. The third kappa shape index (κ3) is 5.91. The lowest BCUT2D eigenvalue weighted by Crippen LogP contribution is -2.38. The van der Waals surface area contributed by atoms with Gasteiger partial charge in [-0.05, 0) is 42.4 Å². The van der Waals surface area contributed by atoms with Gasteiger partial charge in [0.1, 0.15) is 0 Å². The molecule has 0 aromatic heterocycles. The van der Waals surface area contributed by atoms with Crippen molar-refractivity contribution in [3.05, 3.63) is 72.8 Å². The van der Waals surface area contributed by atoms with Gasteiger partial charge < -0.3 is 14.5 Å². The van der Waals surface area contributed by atoms with E-state index in [9.17, 15) is 9.59 Å². The van der Waals surface area contributed by atoms with E-state index in [1.165, 1.54) is 0 Å². The lowest BCUT2D eigenvalue weighted by Gasteiger charge is -2.25. The summed E-state index contributed by atoms with van der Waals surface area (Å²) in [5, 5.41) is 0. The van der Waals surface area contributed by atoms with Gasteiger partial charge in [0, 0.05) is 39.2 Å². The van der Waals surface area contributed by atoms with Crippen molar-refractivity contribution in [3.63, 3.8) is 0 Å². The first-order valence-electron chi connectivity index (χ1n) is 12.1. The van der Waals surface area contributed by atoms with E-state index in [0.29, 0.717) is 39.0 Å². The average Bonchev–Trinajstić information content (AvgIpc) is 3.32. The minimum Gasteiger partial charge on any atom is -0.378 e. The summed E-state index contributed by atoms with van der Waals surface area (Å²) >= 11 is 0. The number of hydrogen-bond donors (Lipinski definition) is 0. The third-order valence-corrected chi connectivity index (χ3v) is 6.72. The summed E-state index contributed by atoms with van der Waals surface area (Å²) in [6.45, 7) is 6.71. The van der Waals surface area contributed by atoms with Crippen molar-refractivity contribution in [1.82, 2.24) is 9.80 Å². The predicted molar refractivity (Wildman–Crippen MR) is 131 cm³/mol. The maximum absolute atomic E-state index is 13.4. The van der Waals surface area contributed by atoms with E-state index in [2.05, 4.69) is 30.8 Å². The Balaban J connectivity index is 1.52. The molecule has 2 amide bonds. The quantitative estimate of drug-likeness (QED) is 0.567. The summed E-state index contributed by atoms with van der Waals surface area (Å²) in [5.41, 5.74) is 3.41. The summed E-state index contributed by atoms with van der Waals surface area (Å²) in [4.78, 5) is 30.3. The summed E-state index contributed by atoms with van der Waals surface area (Å²) in [6, 6.07) is 18.5. The largest absolute Gasteiger partial charge is 0.378 e. The molecule has 0 radical (unpaired) electrons. The Morgan fingerprint density at radius 3 is 2.64 bits per heavy atom. The molecule has 2 aromatic carbocycles. The molecule has 2 heterocycles. The van der Waals surface area contributed by atoms with Crippen molar-refractivity contribution in [2.24, 2.45) is 5.92 Å². The molecule has 2 saturated heterocycles. The highest BCUT2D eigenvalue weighted by Crippen LogP contribution is 2.27. The zero-order valence-electron chi connectivity index (χ0n) is 19.3. The maximum Gasteiger partial charge on any atom is 0.228 e. The molecule has 2 atom stereocenters. The standard InChI is InChI=1S/C28H34N2O3/c1-2-16-29-17-18-30(27(31)15-14-25-12-8-19-33-25)21-24(28(29)32)20-23-11-6-7-13-26(23)22-9-4-3-5-10-22/h2-7,9-11,13,24-25H,1,8,12,14-21H2/t24-,25+/m0/s1. The Morgan fingerprint density at radius 2 is 1.88 bits per heavy atom. The van der Waals surface area contributed by atoms with Gasteiger partial charge in [-0.15, -0.1) is 6.58 Å². The van der Waals surface area contributed by atoms with Gasteiger partial charge in [-0.2, -0.15) is 0 Å². The third-order valence-electron chi connectivity index (χ3n) is 6.72. The van der Waals surface area contributed by atoms with E-state index in [-0.39, 0.29) is 23.8 Å². The fraction of sp³-hybridized carbons (Fsp3) is 0.429. The summed E-state index contributed by atoms with van der Waals surface area (Å²) in [6.07, 6.45) is 5.94. The van der Waals surface area contributed by atoms with Crippen LogP contribution in [0.4, 0.5) is 0 Å². The average molecular weight is 447 g/mol. The van der Waals surface area contributed by atoms with E-state index >= 15 is 0 Å². The first kappa shape index (κ1) is 23.2. The van der Waals surface area contributed by atoms with Crippen LogP contribution in [-0.2, 0) is 20.7 Å². The van der Waals surface area contributed by atoms with Crippen LogP contribution < -0.4 is 0 Å². The normalized spacial score (nSPS) is 21.2. The molecule has 4 rings (SSSR count). The van der Waals surface area contributed by atoms with Gasteiger partial charge in [0.25, 0.3) is 0 Å². The molecular weight excluding hydrogens is 412 g/mol. The van der Waals surface area contributed by atoms with Crippen LogP contribution in [0.15, 0.2) is 67.3 Å². The zero-order chi connectivity index (χ0) is 23.0. The molecule has 0 N–H and O–H groups in total. The molecule has 0 unspecified atom stereocenters. The first-order chi connectivity index (χ1) is 16.2. The lowest BCUT2D eigenvalue weighted by atomic mass is 9.91. The number of hydrogen-bond acceptors (Lipinski definition) is 3. The van der Waals surface area contributed by atoms with Gasteiger partial charge in [0.2, 0.25) is 11.8 Å². The maximum atomic E-state index is 13.4. The highest BCUT2D eigenvalue weighted by atomic mass is 16.5. The highest BCUT2D eigenvalue weighted by Gasteiger charge is 2.32. The summed E-state index contributed by atoms with van der Waals surface area (Å²) in [5.74, 6) is -0.0451.